The third-order valence-electron chi connectivity index (χ3n) is 2.97. The zero-order valence-electron chi connectivity index (χ0n) is 10.3. The Labute approximate surface area is 98.1 Å². The molecule has 0 saturated carbocycles. The van der Waals surface area contributed by atoms with E-state index in [4.69, 9.17) is 0 Å². The summed E-state index contributed by atoms with van der Waals surface area (Å²) in [6, 6.07) is 7.17. The minimum absolute atomic E-state index is 0.162. The van der Waals surface area contributed by atoms with Crippen molar-refractivity contribution < 1.29 is 4.39 Å². The van der Waals surface area contributed by atoms with Gasteiger partial charge in [-0.25, -0.2) is 4.39 Å². The molecule has 2 heteroatoms. The van der Waals surface area contributed by atoms with Gasteiger partial charge in [-0.1, -0.05) is 44.7 Å². The van der Waals surface area contributed by atoms with E-state index in [2.05, 4.69) is 12.2 Å². The van der Waals surface area contributed by atoms with Gasteiger partial charge in [0.25, 0.3) is 0 Å². The van der Waals surface area contributed by atoms with Gasteiger partial charge in [-0.3, -0.25) is 0 Å². The number of nitrogens with one attached hydrogen (secondary N) is 1. The van der Waals surface area contributed by atoms with E-state index >= 15 is 0 Å². The summed E-state index contributed by atoms with van der Waals surface area (Å²) in [6.07, 6.45) is 6.22. The second-order valence-corrected chi connectivity index (χ2v) is 4.24. The van der Waals surface area contributed by atoms with E-state index in [9.17, 15) is 4.39 Å². The van der Waals surface area contributed by atoms with E-state index < -0.39 is 0 Å². The lowest BCUT2D eigenvalue weighted by molar-refractivity contribution is 0.504. The SMILES string of the molecule is CCCCCCC(NC)c1ccc(F)cc1. The Morgan fingerprint density at radius 3 is 2.38 bits per heavy atom. The Morgan fingerprint density at radius 2 is 1.81 bits per heavy atom. The van der Waals surface area contributed by atoms with Crippen molar-refractivity contribution in [3.63, 3.8) is 0 Å². The molecule has 0 saturated heterocycles. The van der Waals surface area contributed by atoms with E-state index in [-0.39, 0.29) is 5.82 Å². The van der Waals surface area contributed by atoms with Crippen LogP contribution in [0.2, 0.25) is 0 Å². The van der Waals surface area contributed by atoms with Gasteiger partial charge in [-0.05, 0) is 31.2 Å². The molecule has 0 bridgehead atoms. The van der Waals surface area contributed by atoms with Crippen molar-refractivity contribution in [2.45, 2.75) is 45.1 Å². The summed E-state index contributed by atoms with van der Waals surface area (Å²) in [5.41, 5.74) is 1.18. The monoisotopic (exact) mass is 223 g/mol. The fraction of sp³-hybridized carbons (Fsp3) is 0.571. The second-order valence-electron chi connectivity index (χ2n) is 4.24. The predicted octanol–water partition coefficient (Wildman–Crippen LogP) is 4.06. The zero-order chi connectivity index (χ0) is 11.8. The largest absolute Gasteiger partial charge is 0.313 e. The van der Waals surface area contributed by atoms with Gasteiger partial charge in [0, 0.05) is 6.04 Å². The smallest absolute Gasteiger partial charge is 0.123 e. The highest BCUT2D eigenvalue weighted by Gasteiger charge is 2.08. The molecule has 1 unspecified atom stereocenters. The van der Waals surface area contributed by atoms with Gasteiger partial charge < -0.3 is 5.32 Å². The normalized spacial score (nSPS) is 12.7. The molecule has 0 heterocycles. The molecule has 90 valence electrons. The maximum atomic E-state index is 12.8. The summed E-state index contributed by atoms with van der Waals surface area (Å²) in [5.74, 6) is -0.162. The molecule has 0 amide bonds. The Bertz CT molecular complexity index is 281. The third-order valence-corrected chi connectivity index (χ3v) is 2.97. The summed E-state index contributed by atoms with van der Waals surface area (Å²) < 4.78 is 12.8. The molecule has 0 aliphatic rings. The van der Waals surface area contributed by atoms with Gasteiger partial charge >= 0.3 is 0 Å². The van der Waals surface area contributed by atoms with Gasteiger partial charge in [-0.2, -0.15) is 0 Å². The van der Waals surface area contributed by atoms with Crippen molar-refractivity contribution in [2.75, 3.05) is 7.05 Å². The van der Waals surface area contributed by atoms with Gasteiger partial charge in [-0.15, -0.1) is 0 Å². The molecule has 1 nitrogen and oxygen atoms in total. The molecule has 1 aromatic carbocycles. The van der Waals surface area contributed by atoms with Crippen molar-refractivity contribution in [3.8, 4) is 0 Å². The maximum Gasteiger partial charge on any atom is 0.123 e. The average molecular weight is 223 g/mol. The molecule has 1 N–H and O–H groups in total. The van der Waals surface area contributed by atoms with Crippen molar-refractivity contribution in [1.82, 2.24) is 5.32 Å². The van der Waals surface area contributed by atoms with Crippen LogP contribution < -0.4 is 5.32 Å². The van der Waals surface area contributed by atoms with E-state index in [1.807, 2.05) is 19.2 Å². The number of rotatable bonds is 7. The van der Waals surface area contributed by atoms with Crippen LogP contribution in [0.5, 0.6) is 0 Å². The minimum Gasteiger partial charge on any atom is -0.313 e. The summed E-state index contributed by atoms with van der Waals surface area (Å²) in [6.45, 7) is 2.22. The minimum atomic E-state index is -0.162. The maximum absolute atomic E-state index is 12.8. The van der Waals surface area contributed by atoms with E-state index in [1.165, 1.54) is 43.4 Å². The fourth-order valence-electron chi connectivity index (χ4n) is 1.95. The van der Waals surface area contributed by atoms with E-state index in [0.717, 1.165) is 6.42 Å². The highest BCUT2D eigenvalue weighted by Crippen LogP contribution is 2.19. The average Bonchev–Trinajstić information content (AvgIpc) is 2.31. The first-order valence-corrected chi connectivity index (χ1v) is 6.20. The standard InChI is InChI=1S/C14H22FN/c1-3-4-5-6-7-14(16-2)12-8-10-13(15)11-9-12/h8-11,14,16H,3-7H2,1-2H3. The molecular formula is C14H22FN. The van der Waals surface area contributed by atoms with Gasteiger partial charge in [0.2, 0.25) is 0 Å². The molecule has 0 fully saturated rings. The fourth-order valence-corrected chi connectivity index (χ4v) is 1.95. The topological polar surface area (TPSA) is 12.0 Å². The summed E-state index contributed by atoms with van der Waals surface area (Å²) in [4.78, 5) is 0. The van der Waals surface area contributed by atoms with Crippen LogP contribution >= 0.6 is 0 Å². The highest BCUT2D eigenvalue weighted by atomic mass is 19.1. The predicted molar refractivity (Wildman–Crippen MR) is 67.0 cm³/mol. The first-order valence-electron chi connectivity index (χ1n) is 6.20. The molecule has 1 atom stereocenters. The van der Waals surface area contributed by atoms with Crippen LogP contribution in [0.4, 0.5) is 4.39 Å². The zero-order valence-corrected chi connectivity index (χ0v) is 10.3. The Kier molecular flexibility index (Phi) is 6.09. The lowest BCUT2D eigenvalue weighted by Gasteiger charge is -2.16. The summed E-state index contributed by atoms with van der Waals surface area (Å²) in [7, 11) is 1.97. The lowest BCUT2D eigenvalue weighted by Crippen LogP contribution is -2.16. The van der Waals surface area contributed by atoms with Gasteiger partial charge in [0.1, 0.15) is 5.82 Å². The van der Waals surface area contributed by atoms with Crippen LogP contribution in [0.1, 0.15) is 50.6 Å². The number of hydrogen-bond donors (Lipinski definition) is 1. The first kappa shape index (κ1) is 13.2. The summed E-state index contributed by atoms with van der Waals surface area (Å²) >= 11 is 0. The van der Waals surface area contributed by atoms with E-state index in [0.29, 0.717) is 6.04 Å². The summed E-state index contributed by atoms with van der Waals surface area (Å²) in [5, 5.41) is 3.29. The molecule has 0 spiro atoms. The Hall–Kier alpha value is -0.890. The Morgan fingerprint density at radius 1 is 1.12 bits per heavy atom. The van der Waals surface area contributed by atoms with Crippen LogP contribution in [0.25, 0.3) is 0 Å². The first-order chi connectivity index (χ1) is 7.77. The van der Waals surface area contributed by atoms with Crippen molar-refractivity contribution in [1.29, 1.82) is 0 Å². The van der Waals surface area contributed by atoms with E-state index in [1.54, 1.807) is 0 Å². The van der Waals surface area contributed by atoms with Crippen molar-refractivity contribution in [2.24, 2.45) is 0 Å². The molecule has 1 aromatic rings. The van der Waals surface area contributed by atoms with Gasteiger partial charge in [0.05, 0.1) is 0 Å². The molecule has 0 aliphatic heterocycles. The quantitative estimate of drug-likeness (QED) is 0.687. The molecule has 0 radical (unpaired) electrons. The second kappa shape index (κ2) is 7.39. The van der Waals surface area contributed by atoms with Crippen LogP contribution in [-0.4, -0.2) is 7.05 Å². The number of benzene rings is 1. The molecule has 0 aliphatic carbocycles. The van der Waals surface area contributed by atoms with Crippen LogP contribution in [-0.2, 0) is 0 Å². The third kappa shape index (κ3) is 4.31. The highest BCUT2D eigenvalue weighted by molar-refractivity contribution is 5.19. The van der Waals surface area contributed by atoms with Gasteiger partial charge in [0.15, 0.2) is 0 Å². The van der Waals surface area contributed by atoms with Crippen LogP contribution in [0.3, 0.4) is 0 Å². The van der Waals surface area contributed by atoms with Crippen molar-refractivity contribution in [3.05, 3.63) is 35.6 Å². The van der Waals surface area contributed by atoms with Crippen LogP contribution in [0.15, 0.2) is 24.3 Å². The van der Waals surface area contributed by atoms with Crippen LogP contribution in [0, 0.1) is 5.82 Å². The number of halogens is 1. The molecule has 16 heavy (non-hydrogen) atoms. The number of unbranched alkanes of at least 4 members (excludes halogenated alkanes) is 3. The molecular weight excluding hydrogens is 201 g/mol. The van der Waals surface area contributed by atoms with Crippen molar-refractivity contribution >= 4 is 0 Å². The Balaban J connectivity index is 2.44. The molecule has 1 rings (SSSR count). The number of hydrogen-bond acceptors (Lipinski definition) is 1. The lowest BCUT2D eigenvalue weighted by atomic mass is 10.0. The molecule has 0 aromatic heterocycles.